The fraction of sp³-hybridized carbons (Fsp3) is 0.500. The zero-order valence-corrected chi connectivity index (χ0v) is 10.9. The summed E-state index contributed by atoms with van der Waals surface area (Å²) in [6.45, 7) is 4.64. The summed E-state index contributed by atoms with van der Waals surface area (Å²) >= 11 is 1.97. The van der Waals surface area contributed by atoms with E-state index in [1.807, 2.05) is 37.0 Å². The number of aromatic nitrogens is 1. The average molecular weight is 250 g/mol. The molecule has 0 amide bonds. The van der Waals surface area contributed by atoms with E-state index in [4.69, 9.17) is 5.73 Å². The molecule has 1 aliphatic rings. The molecular formula is C12H18N4S. The Morgan fingerprint density at radius 3 is 3.00 bits per heavy atom. The van der Waals surface area contributed by atoms with Gasteiger partial charge in [0.15, 0.2) is 5.96 Å². The maximum Gasteiger partial charge on any atom is 0.191 e. The summed E-state index contributed by atoms with van der Waals surface area (Å²) in [7, 11) is 0. The number of nitrogens with two attached hydrogens (primary N) is 1. The molecule has 1 aliphatic heterocycles. The minimum absolute atomic E-state index is 0.638. The van der Waals surface area contributed by atoms with Crippen molar-refractivity contribution in [2.75, 3.05) is 24.6 Å². The summed E-state index contributed by atoms with van der Waals surface area (Å²) in [5.41, 5.74) is 8.16. The maximum absolute atomic E-state index is 5.99. The number of aryl methyl sites for hydroxylation is 1. The van der Waals surface area contributed by atoms with E-state index >= 15 is 0 Å². The van der Waals surface area contributed by atoms with Crippen molar-refractivity contribution in [1.29, 1.82) is 0 Å². The van der Waals surface area contributed by atoms with E-state index in [9.17, 15) is 0 Å². The predicted octanol–water partition coefficient (Wildman–Crippen LogP) is 1.25. The van der Waals surface area contributed by atoms with Crippen molar-refractivity contribution >= 4 is 17.7 Å². The van der Waals surface area contributed by atoms with Gasteiger partial charge in [-0.1, -0.05) is 0 Å². The summed E-state index contributed by atoms with van der Waals surface area (Å²) < 4.78 is 0. The van der Waals surface area contributed by atoms with E-state index in [2.05, 4.69) is 14.9 Å². The van der Waals surface area contributed by atoms with E-state index in [-0.39, 0.29) is 0 Å². The van der Waals surface area contributed by atoms with Crippen LogP contribution in [-0.4, -0.2) is 40.4 Å². The Morgan fingerprint density at radius 2 is 2.29 bits per heavy atom. The number of nitrogens with zero attached hydrogens (tertiary/aromatic N) is 3. The van der Waals surface area contributed by atoms with Gasteiger partial charge in [-0.3, -0.25) is 4.98 Å². The molecule has 1 saturated heterocycles. The second-order valence-electron chi connectivity index (χ2n) is 4.08. The third kappa shape index (κ3) is 3.63. The molecule has 0 atom stereocenters. The molecule has 2 heterocycles. The minimum atomic E-state index is 0.638. The fourth-order valence-corrected chi connectivity index (χ4v) is 2.67. The lowest BCUT2D eigenvalue weighted by Gasteiger charge is -2.27. The van der Waals surface area contributed by atoms with Crippen molar-refractivity contribution in [2.24, 2.45) is 10.7 Å². The average Bonchev–Trinajstić information content (AvgIpc) is 2.37. The highest BCUT2D eigenvalue weighted by molar-refractivity contribution is 7.99. The third-order valence-corrected chi connectivity index (χ3v) is 3.66. The van der Waals surface area contributed by atoms with Gasteiger partial charge in [-0.25, -0.2) is 4.99 Å². The fourth-order valence-electron chi connectivity index (χ4n) is 1.77. The van der Waals surface area contributed by atoms with Crippen molar-refractivity contribution in [3.8, 4) is 0 Å². The molecule has 0 spiro atoms. The van der Waals surface area contributed by atoms with Crippen molar-refractivity contribution in [3.05, 3.63) is 29.6 Å². The highest BCUT2D eigenvalue weighted by Gasteiger charge is 2.11. The molecule has 0 radical (unpaired) electrons. The van der Waals surface area contributed by atoms with E-state index < -0.39 is 0 Å². The first-order chi connectivity index (χ1) is 8.25. The second kappa shape index (κ2) is 5.91. The Morgan fingerprint density at radius 1 is 1.53 bits per heavy atom. The number of guanidine groups is 1. The number of hydrogen-bond acceptors (Lipinski definition) is 3. The quantitative estimate of drug-likeness (QED) is 0.634. The zero-order valence-electron chi connectivity index (χ0n) is 10.1. The van der Waals surface area contributed by atoms with Gasteiger partial charge in [0.2, 0.25) is 0 Å². The predicted molar refractivity (Wildman–Crippen MR) is 73.2 cm³/mol. The Hall–Kier alpha value is -1.23. The van der Waals surface area contributed by atoms with Gasteiger partial charge in [0.05, 0.1) is 6.54 Å². The molecule has 2 N–H and O–H groups in total. The monoisotopic (exact) mass is 250 g/mol. The summed E-state index contributed by atoms with van der Waals surface area (Å²) in [6.07, 6.45) is 1.81. The molecule has 1 fully saturated rings. The molecule has 5 heteroatoms. The van der Waals surface area contributed by atoms with Gasteiger partial charge in [-0.15, -0.1) is 0 Å². The first kappa shape index (κ1) is 12.2. The van der Waals surface area contributed by atoms with Gasteiger partial charge in [-0.2, -0.15) is 11.8 Å². The molecule has 1 aromatic rings. The number of thioether (sulfide) groups is 1. The minimum Gasteiger partial charge on any atom is -0.370 e. The van der Waals surface area contributed by atoms with Crippen LogP contribution < -0.4 is 5.73 Å². The largest absolute Gasteiger partial charge is 0.370 e. The van der Waals surface area contributed by atoms with Crippen molar-refractivity contribution in [3.63, 3.8) is 0 Å². The van der Waals surface area contributed by atoms with Gasteiger partial charge in [0, 0.05) is 36.5 Å². The number of rotatable bonds is 2. The molecule has 0 aliphatic carbocycles. The van der Waals surface area contributed by atoms with Crippen LogP contribution in [0.5, 0.6) is 0 Å². The van der Waals surface area contributed by atoms with Crippen LogP contribution in [0.3, 0.4) is 0 Å². The van der Waals surface area contributed by atoms with Crippen LogP contribution in [0.1, 0.15) is 11.3 Å². The Kier molecular flexibility index (Phi) is 4.25. The normalized spacial score (nSPS) is 17.2. The highest BCUT2D eigenvalue weighted by Crippen LogP contribution is 2.09. The van der Waals surface area contributed by atoms with Crippen molar-refractivity contribution in [1.82, 2.24) is 9.88 Å². The van der Waals surface area contributed by atoms with Crippen molar-refractivity contribution < 1.29 is 0 Å². The molecule has 4 nitrogen and oxygen atoms in total. The molecule has 1 aromatic heterocycles. The number of aliphatic imine (C=N–C) groups is 1. The van der Waals surface area contributed by atoms with Crippen LogP contribution in [0.15, 0.2) is 23.3 Å². The summed E-state index contributed by atoms with van der Waals surface area (Å²) in [6, 6.07) is 4.03. The van der Waals surface area contributed by atoms with E-state index in [0.29, 0.717) is 12.5 Å². The molecule has 0 saturated carbocycles. The molecule has 92 valence electrons. The number of hydrogen-bond donors (Lipinski definition) is 1. The maximum atomic E-state index is 5.99. The van der Waals surface area contributed by atoms with Crippen LogP contribution in [0.4, 0.5) is 0 Å². The standard InChI is InChI=1S/C12H18N4S/c1-10-8-11(2-3-14-10)9-15-12(13)16-4-6-17-7-5-16/h2-3,8H,4-7,9H2,1H3,(H2,13,15). The van der Waals surface area contributed by atoms with Gasteiger partial charge in [0.25, 0.3) is 0 Å². The molecule has 17 heavy (non-hydrogen) atoms. The van der Waals surface area contributed by atoms with Crippen LogP contribution in [-0.2, 0) is 6.54 Å². The Bertz CT molecular complexity index is 399. The lowest BCUT2D eigenvalue weighted by molar-refractivity contribution is 0.455. The third-order valence-electron chi connectivity index (χ3n) is 2.72. The Labute approximate surface area is 106 Å². The summed E-state index contributed by atoms with van der Waals surface area (Å²) in [4.78, 5) is 10.8. The van der Waals surface area contributed by atoms with Crippen LogP contribution in [0, 0.1) is 6.92 Å². The van der Waals surface area contributed by atoms with Gasteiger partial charge >= 0.3 is 0 Å². The van der Waals surface area contributed by atoms with E-state index in [1.54, 1.807) is 0 Å². The van der Waals surface area contributed by atoms with Crippen LogP contribution in [0.25, 0.3) is 0 Å². The first-order valence-electron chi connectivity index (χ1n) is 5.80. The van der Waals surface area contributed by atoms with Gasteiger partial charge < -0.3 is 10.6 Å². The van der Waals surface area contributed by atoms with Gasteiger partial charge in [-0.05, 0) is 24.6 Å². The lowest BCUT2D eigenvalue weighted by atomic mass is 10.2. The number of pyridine rings is 1. The molecular weight excluding hydrogens is 232 g/mol. The van der Waals surface area contributed by atoms with E-state index in [0.717, 1.165) is 35.9 Å². The first-order valence-corrected chi connectivity index (χ1v) is 6.95. The SMILES string of the molecule is Cc1cc(CN=C(N)N2CCSCC2)ccn1. The van der Waals surface area contributed by atoms with Crippen molar-refractivity contribution in [2.45, 2.75) is 13.5 Å². The van der Waals surface area contributed by atoms with Crippen LogP contribution >= 0.6 is 11.8 Å². The zero-order chi connectivity index (χ0) is 12.1. The summed E-state index contributed by atoms with van der Waals surface area (Å²) in [5, 5.41) is 0. The van der Waals surface area contributed by atoms with Crippen LogP contribution in [0.2, 0.25) is 0 Å². The van der Waals surface area contributed by atoms with E-state index in [1.165, 1.54) is 0 Å². The molecule has 0 bridgehead atoms. The lowest BCUT2D eigenvalue weighted by Crippen LogP contribution is -2.42. The molecule has 0 aromatic carbocycles. The summed E-state index contributed by atoms with van der Waals surface area (Å²) in [5.74, 6) is 2.95. The highest BCUT2D eigenvalue weighted by atomic mass is 32.2. The molecule has 2 rings (SSSR count). The van der Waals surface area contributed by atoms with Gasteiger partial charge in [0.1, 0.15) is 0 Å². The smallest absolute Gasteiger partial charge is 0.191 e. The second-order valence-corrected chi connectivity index (χ2v) is 5.30. The Balaban J connectivity index is 1.95. The molecule has 0 unspecified atom stereocenters. The topological polar surface area (TPSA) is 54.5 Å².